The van der Waals surface area contributed by atoms with Gasteiger partial charge in [-0.05, 0) is 36.1 Å². The summed E-state index contributed by atoms with van der Waals surface area (Å²) in [5, 5.41) is 29.5. The Hall–Kier alpha value is -1.92. The summed E-state index contributed by atoms with van der Waals surface area (Å²) in [6.07, 6.45) is -1.01. The third kappa shape index (κ3) is 4.83. The first-order valence-electron chi connectivity index (χ1n) is 9.06. The maximum atomic E-state index is 10.2. The van der Waals surface area contributed by atoms with Crippen LogP contribution in [0.2, 0.25) is 0 Å². The van der Waals surface area contributed by atoms with E-state index in [4.69, 9.17) is 9.47 Å². The molecule has 0 bridgehead atoms. The molecule has 5 nitrogen and oxygen atoms in total. The Morgan fingerprint density at radius 1 is 1.04 bits per heavy atom. The molecule has 1 aliphatic heterocycles. The molecule has 3 N–H and O–H groups in total. The van der Waals surface area contributed by atoms with Crippen molar-refractivity contribution in [2.75, 3.05) is 13.2 Å². The summed E-state index contributed by atoms with van der Waals surface area (Å²) in [4.78, 5) is 0. The van der Waals surface area contributed by atoms with Crippen molar-refractivity contribution in [2.45, 2.75) is 43.7 Å². The SMILES string of the molecule is OC[C@@H]1C[C@H](O)[C@H](O)C(c2cccc(OCCCc3ccccc3)c2)O1. The number of aryl methyl sites for hydroxylation is 1. The zero-order valence-corrected chi connectivity index (χ0v) is 14.7. The van der Waals surface area contributed by atoms with E-state index in [1.807, 2.05) is 42.5 Å². The number of hydrogen-bond acceptors (Lipinski definition) is 5. The lowest BCUT2D eigenvalue weighted by Crippen LogP contribution is -2.44. The van der Waals surface area contributed by atoms with Gasteiger partial charge in [0.1, 0.15) is 18.0 Å². The van der Waals surface area contributed by atoms with Crippen molar-refractivity contribution in [1.29, 1.82) is 0 Å². The van der Waals surface area contributed by atoms with Crippen LogP contribution in [0.1, 0.15) is 30.1 Å². The van der Waals surface area contributed by atoms with Gasteiger partial charge in [-0.2, -0.15) is 0 Å². The molecule has 4 atom stereocenters. The lowest BCUT2D eigenvalue weighted by Gasteiger charge is -2.36. The van der Waals surface area contributed by atoms with Crippen LogP contribution in [0.25, 0.3) is 0 Å². The Bertz CT molecular complexity index is 675. The number of hydrogen-bond donors (Lipinski definition) is 3. The molecule has 3 rings (SSSR count). The molecule has 0 spiro atoms. The minimum Gasteiger partial charge on any atom is -0.494 e. The van der Waals surface area contributed by atoms with Crippen LogP contribution in [-0.2, 0) is 11.2 Å². The molecule has 5 heteroatoms. The summed E-state index contributed by atoms with van der Waals surface area (Å²) in [7, 11) is 0. The third-order valence-electron chi connectivity index (χ3n) is 4.66. The summed E-state index contributed by atoms with van der Waals surface area (Å²) >= 11 is 0. The maximum absolute atomic E-state index is 10.2. The van der Waals surface area contributed by atoms with Crippen LogP contribution in [0.5, 0.6) is 5.75 Å². The van der Waals surface area contributed by atoms with E-state index in [-0.39, 0.29) is 13.0 Å². The fourth-order valence-corrected chi connectivity index (χ4v) is 3.24. The maximum Gasteiger partial charge on any atom is 0.119 e. The van der Waals surface area contributed by atoms with Crippen LogP contribution in [0.4, 0.5) is 0 Å². The van der Waals surface area contributed by atoms with Crippen molar-refractivity contribution in [3.05, 3.63) is 65.7 Å². The molecule has 0 aromatic heterocycles. The van der Waals surface area contributed by atoms with Gasteiger partial charge in [-0.1, -0.05) is 42.5 Å². The molecule has 26 heavy (non-hydrogen) atoms. The van der Waals surface area contributed by atoms with Gasteiger partial charge in [0.05, 0.1) is 25.4 Å². The molecular formula is C21H26O5. The first-order chi connectivity index (χ1) is 12.7. The van der Waals surface area contributed by atoms with E-state index in [9.17, 15) is 15.3 Å². The van der Waals surface area contributed by atoms with E-state index in [0.717, 1.165) is 18.4 Å². The molecule has 1 aliphatic rings. The van der Waals surface area contributed by atoms with Gasteiger partial charge in [0, 0.05) is 6.42 Å². The zero-order valence-electron chi connectivity index (χ0n) is 14.7. The summed E-state index contributed by atoms with van der Waals surface area (Å²) < 4.78 is 11.6. The van der Waals surface area contributed by atoms with E-state index in [0.29, 0.717) is 12.4 Å². The molecule has 1 saturated heterocycles. The highest BCUT2D eigenvalue weighted by atomic mass is 16.5. The number of aliphatic hydroxyl groups is 3. The summed E-state index contributed by atoms with van der Waals surface area (Å²) in [6, 6.07) is 17.6. The predicted molar refractivity (Wildman–Crippen MR) is 98.0 cm³/mol. The van der Waals surface area contributed by atoms with Gasteiger partial charge in [0.25, 0.3) is 0 Å². The fourth-order valence-electron chi connectivity index (χ4n) is 3.24. The topological polar surface area (TPSA) is 79.2 Å². The van der Waals surface area contributed by atoms with Gasteiger partial charge in [0.15, 0.2) is 0 Å². The van der Waals surface area contributed by atoms with E-state index < -0.39 is 24.4 Å². The first kappa shape index (κ1) is 18.9. The van der Waals surface area contributed by atoms with Crippen LogP contribution < -0.4 is 4.74 Å². The quantitative estimate of drug-likeness (QED) is 0.662. The second-order valence-electron chi connectivity index (χ2n) is 6.67. The molecule has 1 fully saturated rings. The second-order valence-corrected chi connectivity index (χ2v) is 6.67. The largest absolute Gasteiger partial charge is 0.494 e. The van der Waals surface area contributed by atoms with Crippen molar-refractivity contribution in [3.8, 4) is 5.75 Å². The number of benzene rings is 2. The molecule has 0 radical (unpaired) electrons. The normalized spacial score (nSPS) is 25.8. The first-order valence-corrected chi connectivity index (χ1v) is 9.06. The van der Waals surface area contributed by atoms with E-state index in [2.05, 4.69) is 12.1 Å². The summed E-state index contributed by atoms with van der Waals surface area (Å²) in [6.45, 7) is 0.407. The van der Waals surface area contributed by atoms with Crippen LogP contribution in [0, 0.1) is 0 Å². The van der Waals surface area contributed by atoms with Gasteiger partial charge < -0.3 is 24.8 Å². The average molecular weight is 358 g/mol. The highest BCUT2D eigenvalue weighted by Crippen LogP contribution is 2.33. The van der Waals surface area contributed by atoms with Gasteiger partial charge in [-0.15, -0.1) is 0 Å². The standard InChI is InChI=1S/C21H26O5/c22-14-18-13-19(23)20(24)21(26-18)16-9-4-10-17(12-16)25-11-5-8-15-6-2-1-3-7-15/h1-4,6-7,9-10,12,18-24H,5,8,11,13-14H2/t18-,19-,20-,21?/m0/s1. The third-order valence-corrected chi connectivity index (χ3v) is 4.66. The minimum absolute atomic E-state index is 0.185. The van der Waals surface area contributed by atoms with Crippen LogP contribution >= 0.6 is 0 Å². The molecule has 1 unspecified atom stereocenters. The van der Waals surface area contributed by atoms with Crippen molar-refractivity contribution >= 4 is 0 Å². The highest BCUT2D eigenvalue weighted by Gasteiger charge is 2.37. The molecular weight excluding hydrogens is 332 g/mol. The molecule has 2 aromatic rings. The van der Waals surface area contributed by atoms with E-state index >= 15 is 0 Å². The van der Waals surface area contributed by atoms with Crippen molar-refractivity contribution in [2.24, 2.45) is 0 Å². The molecule has 0 aliphatic carbocycles. The highest BCUT2D eigenvalue weighted by molar-refractivity contribution is 5.31. The minimum atomic E-state index is -1.02. The molecule has 2 aromatic carbocycles. The number of aliphatic hydroxyl groups excluding tert-OH is 3. The predicted octanol–water partition coefficient (Wildman–Crippen LogP) is 2.24. The zero-order chi connectivity index (χ0) is 18.4. The van der Waals surface area contributed by atoms with Crippen LogP contribution in [-0.4, -0.2) is 46.8 Å². The molecule has 140 valence electrons. The Morgan fingerprint density at radius 2 is 1.85 bits per heavy atom. The van der Waals surface area contributed by atoms with Crippen LogP contribution in [0.15, 0.2) is 54.6 Å². The lowest BCUT2D eigenvalue weighted by atomic mass is 9.93. The van der Waals surface area contributed by atoms with Gasteiger partial charge in [-0.25, -0.2) is 0 Å². The van der Waals surface area contributed by atoms with Crippen molar-refractivity contribution in [1.82, 2.24) is 0 Å². The Balaban J connectivity index is 1.57. The molecule has 0 saturated carbocycles. The smallest absolute Gasteiger partial charge is 0.119 e. The Morgan fingerprint density at radius 3 is 2.62 bits per heavy atom. The lowest BCUT2D eigenvalue weighted by molar-refractivity contribution is -0.179. The van der Waals surface area contributed by atoms with Crippen molar-refractivity contribution < 1.29 is 24.8 Å². The average Bonchev–Trinajstić information content (AvgIpc) is 2.68. The van der Waals surface area contributed by atoms with E-state index in [1.165, 1.54) is 5.56 Å². The van der Waals surface area contributed by atoms with Gasteiger partial charge >= 0.3 is 0 Å². The second kappa shape index (κ2) is 9.14. The number of ether oxygens (including phenoxy) is 2. The Kier molecular flexibility index (Phi) is 6.63. The molecule has 1 heterocycles. The van der Waals surface area contributed by atoms with Crippen LogP contribution in [0.3, 0.4) is 0 Å². The monoisotopic (exact) mass is 358 g/mol. The van der Waals surface area contributed by atoms with E-state index in [1.54, 1.807) is 0 Å². The van der Waals surface area contributed by atoms with Gasteiger partial charge in [0.2, 0.25) is 0 Å². The van der Waals surface area contributed by atoms with Gasteiger partial charge in [-0.3, -0.25) is 0 Å². The fraction of sp³-hybridized carbons (Fsp3) is 0.429. The summed E-state index contributed by atoms with van der Waals surface area (Å²) in [5.74, 6) is 0.701. The summed E-state index contributed by atoms with van der Waals surface area (Å²) in [5.41, 5.74) is 2.02. The Labute approximate surface area is 153 Å². The van der Waals surface area contributed by atoms with Crippen molar-refractivity contribution in [3.63, 3.8) is 0 Å². The number of rotatable bonds is 7. The molecule has 0 amide bonds.